The summed E-state index contributed by atoms with van der Waals surface area (Å²) >= 11 is 0. The van der Waals surface area contributed by atoms with Gasteiger partial charge in [0.2, 0.25) is 0 Å². The third kappa shape index (κ3) is 4.29. The van der Waals surface area contributed by atoms with E-state index in [1.807, 2.05) is 6.92 Å². The lowest BCUT2D eigenvalue weighted by Crippen LogP contribution is -2.47. The van der Waals surface area contributed by atoms with Crippen molar-refractivity contribution in [1.29, 1.82) is 0 Å². The number of hydrogen-bond acceptors (Lipinski definition) is 3. The maximum Gasteiger partial charge on any atom is 0.387 e. The Hall–Kier alpha value is -1.89. The maximum absolute atomic E-state index is 12.3. The summed E-state index contributed by atoms with van der Waals surface area (Å²) in [5.74, 6) is -0.0545. The molecule has 1 aromatic rings. The maximum atomic E-state index is 12.3. The van der Waals surface area contributed by atoms with Gasteiger partial charge in [-0.3, -0.25) is 0 Å². The fourth-order valence-corrected chi connectivity index (χ4v) is 2.11. The van der Waals surface area contributed by atoms with Crippen molar-refractivity contribution in [2.75, 3.05) is 25.0 Å². The van der Waals surface area contributed by atoms with Crippen LogP contribution in [0.2, 0.25) is 0 Å². The number of hydrogen-bond donors (Lipinski definition) is 1. The van der Waals surface area contributed by atoms with Crippen molar-refractivity contribution in [3.05, 3.63) is 24.3 Å². The number of ether oxygens (including phenoxy) is 2. The summed E-state index contributed by atoms with van der Waals surface area (Å²) in [4.78, 5) is 13.8. The first-order chi connectivity index (χ1) is 10.1. The predicted molar refractivity (Wildman–Crippen MR) is 73.7 cm³/mol. The number of amides is 2. The highest BCUT2D eigenvalue weighted by Crippen LogP contribution is 2.26. The van der Waals surface area contributed by atoms with Crippen LogP contribution in [-0.2, 0) is 4.74 Å². The molecule has 5 nitrogen and oxygen atoms in total. The molecule has 0 aliphatic carbocycles. The van der Waals surface area contributed by atoms with Gasteiger partial charge in [0, 0.05) is 13.1 Å². The number of para-hydroxylation sites is 2. The summed E-state index contributed by atoms with van der Waals surface area (Å²) < 4.78 is 34.5. The summed E-state index contributed by atoms with van der Waals surface area (Å²) in [6, 6.07) is 5.77. The second-order valence-corrected chi connectivity index (χ2v) is 4.65. The molecule has 1 aromatic carbocycles. The van der Waals surface area contributed by atoms with E-state index in [-0.39, 0.29) is 23.6 Å². The zero-order valence-corrected chi connectivity index (χ0v) is 11.7. The molecule has 1 aliphatic rings. The Kier molecular flexibility index (Phi) is 5.32. The first-order valence-corrected chi connectivity index (χ1v) is 6.81. The van der Waals surface area contributed by atoms with E-state index in [1.54, 1.807) is 17.0 Å². The third-order valence-electron chi connectivity index (χ3n) is 3.23. The van der Waals surface area contributed by atoms with Gasteiger partial charge in [0.15, 0.2) is 0 Å². The molecule has 21 heavy (non-hydrogen) atoms. The number of rotatable bonds is 4. The van der Waals surface area contributed by atoms with Gasteiger partial charge in [0.1, 0.15) is 5.75 Å². The molecule has 1 N–H and O–H groups in total. The van der Waals surface area contributed by atoms with E-state index in [4.69, 9.17) is 4.74 Å². The Morgan fingerprint density at radius 1 is 1.52 bits per heavy atom. The molecular weight excluding hydrogens is 282 g/mol. The van der Waals surface area contributed by atoms with Crippen LogP contribution >= 0.6 is 0 Å². The molecule has 1 aliphatic heterocycles. The van der Waals surface area contributed by atoms with Crippen molar-refractivity contribution in [1.82, 2.24) is 4.90 Å². The third-order valence-corrected chi connectivity index (χ3v) is 3.23. The SMILES string of the molecule is CC[C@@H]1CN(C(=O)Nc2ccccc2OC(F)F)CCO1. The van der Waals surface area contributed by atoms with Gasteiger partial charge in [0.05, 0.1) is 18.4 Å². The van der Waals surface area contributed by atoms with Crippen LogP contribution in [0.15, 0.2) is 24.3 Å². The van der Waals surface area contributed by atoms with Gasteiger partial charge >= 0.3 is 12.6 Å². The van der Waals surface area contributed by atoms with E-state index in [0.29, 0.717) is 19.7 Å². The number of carbonyl (C=O) groups excluding carboxylic acids is 1. The average molecular weight is 300 g/mol. The number of alkyl halides is 2. The van der Waals surface area contributed by atoms with Gasteiger partial charge in [0.25, 0.3) is 0 Å². The van der Waals surface area contributed by atoms with Crippen molar-refractivity contribution in [3.63, 3.8) is 0 Å². The van der Waals surface area contributed by atoms with Crippen LogP contribution in [-0.4, -0.2) is 43.3 Å². The summed E-state index contributed by atoms with van der Waals surface area (Å²) in [6.45, 7) is 0.482. The number of benzene rings is 1. The molecule has 0 spiro atoms. The van der Waals surface area contributed by atoms with Crippen molar-refractivity contribution >= 4 is 11.7 Å². The van der Waals surface area contributed by atoms with Crippen LogP contribution in [0, 0.1) is 0 Å². The van der Waals surface area contributed by atoms with Crippen molar-refractivity contribution in [3.8, 4) is 5.75 Å². The summed E-state index contributed by atoms with van der Waals surface area (Å²) in [7, 11) is 0. The van der Waals surface area contributed by atoms with Gasteiger partial charge in [-0.2, -0.15) is 8.78 Å². The molecule has 116 valence electrons. The number of urea groups is 1. The molecule has 0 unspecified atom stereocenters. The van der Waals surface area contributed by atoms with Gasteiger partial charge in [-0.25, -0.2) is 4.79 Å². The van der Waals surface area contributed by atoms with Crippen LogP contribution in [0.3, 0.4) is 0 Å². The van der Waals surface area contributed by atoms with E-state index in [1.165, 1.54) is 12.1 Å². The first-order valence-electron chi connectivity index (χ1n) is 6.81. The number of nitrogens with zero attached hydrogens (tertiary/aromatic N) is 1. The molecule has 1 heterocycles. The normalized spacial score (nSPS) is 18.7. The lowest BCUT2D eigenvalue weighted by atomic mass is 10.2. The Labute approximate surface area is 121 Å². The molecule has 2 rings (SSSR count). The lowest BCUT2D eigenvalue weighted by Gasteiger charge is -2.32. The second kappa shape index (κ2) is 7.21. The van der Waals surface area contributed by atoms with E-state index in [2.05, 4.69) is 10.1 Å². The van der Waals surface area contributed by atoms with Crippen LogP contribution in [0.5, 0.6) is 5.75 Å². The molecule has 1 saturated heterocycles. The highest BCUT2D eigenvalue weighted by atomic mass is 19.3. The Morgan fingerprint density at radius 2 is 2.29 bits per heavy atom. The van der Waals surface area contributed by atoms with Gasteiger partial charge in [-0.1, -0.05) is 19.1 Å². The molecule has 1 atom stereocenters. The molecule has 0 radical (unpaired) electrons. The number of halogens is 2. The lowest BCUT2D eigenvalue weighted by molar-refractivity contribution is -0.0493. The van der Waals surface area contributed by atoms with E-state index < -0.39 is 6.61 Å². The summed E-state index contributed by atoms with van der Waals surface area (Å²) in [6.07, 6.45) is 0.826. The largest absolute Gasteiger partial charge is 0.433 e. The minimum Gasteiger partial charge on any atom is -0.433 e. The Morgan fingerprint density at radius 3 is 3.00 bits per heavy atom. The topological polar surface area (TPSA) is 50.8 Å². The second-order valence-electron chi connectivity index (χ2n) is 4.65. The Bertz CT molecular complexity index is 485. The smallest absolute Gasteiger partial charge is 0.387 e. The van der Waals surface area contributed by atoms with Crippen LogP contribution in [0.1, 0.15) is 13.3 Å². The molecule has 0 saturated carbocycles. The number of morpholine rings is 1. The van der Waals surface area contributed by atoms with Gasteiger partial charge < -0.3 is 19.7 Å². The number of nitrogens with one attached hydrogen (secondary N) is 1. The molecular formula is C14H18F2N2O3. The zero-order valence-electron chi connectivity index (χ0n) is 11.7. The molecule has 7 heteroatoms. The minimum absolute atomic E-state index is 0.0112. The fraction of sp³-hybridized carbons (Fsp3) is 0.500. The van der Waals surface area contributed by atoms with Crippen LogP contribution < -0.4 is 10.1 Å². The summed E-state index contributed by atoms with van der Waals surface area (Å²) in [5, 5.41) is 2.60. The minimum atomic E-state index is -2.93. The standard InChI is InChI=1S/C14H18F2N2O3/c1-2-10-9-18(7-8-20-10)14(19)17-11-5-3-4-6-12(11)21-13(15)16/h3-6,10,13H,2,7-9H2,1H3,(H,17,19)/t10-/m1/s1. The quantitative estimate of drug-likeness (QED) is 0.930. The molecule has 0 aromatic heterocycles. The average Bonchev–Trinajstić information content (AvgIpc) is 2.48. The number of anilines is 1. The van der Waals surface area contributed by atoms with Gasteiger partial charge in [-0.05, 0) is 18.6 Å². The predicted octanol–water partition coefficient (Wildman–Crippen LogP) is 2.93. The molecule has 1 fully saturated rings. The van der Waals surface area contributed by atoms with Gasteiger partial charge in [-0.15, -0.1) is 0 Å². The van der Waals surface area contributed by atoms with Crippen molar-refractivity contribution in [2.24, 2.45) is 0 Å². The monoisotopic (exact) mass is 300 g/mol. The van der Waals surface area contributed by atoms with Crippen molar-refractivity contribution < 1.29 is 23.0 Å². The highest BCUT2D eigenvalue weighted by Gasteiger charge is 2.23. The number of carbonyl (C=O) groups is 1. The fourth-order valence-electron chi connectivity index (χ4n) is 2.11. The first kappa shape index (κ1) is 15.5. The van der Waals surface area contributed by atoms with E-state index in [9.17, 15) is 13.6 Å². The Balaban J connectivity index is 2.02. The van der Waals surface area contributed by atoms with E-state index >= 15 is 0 Å². The molecule has 0 bridgehead atoms. The molecule has 2 amide bonds. The van der Waals surface area contributed by atoms with Crippen LogP contribution in [0.4, 0.5) is 19.3 Å². The van der Waals surface area contributed by atoms with Crippen LogP contribution in [0.25, 0.3) is 0 Å². The van der Waals surface area contributed by atoms with Crippen molar-refractivity contribution in [2.45, 2.75) is 26.1 Å². The zero-order chi connectivity index (χ0) is 15.2. The van der Waals surface area contributed by atoms with E-state index in [0.717, 1.165) is 6.42 Å². The summed E-state index contributed by atoms with van der Waals surface area (Å²) in [5.41, 5.74) is 0.224. The highest BCUT2D eigenvalue weighted by molar-refractivity contribution is 5.91.